The normalized spacial score (nSPS) is 17.6. The van der Waals surface area contributed by atoms with Crippen molar-refractivity contribution in [2.75, 3.05) is 0 Å². The summed E-state index contributed by atoms with van der Waals surface area (Å²) in [6.07, 6.45) is 23.9. The minimum absolute atomic E-state index is 0.828. The van der Waals surface area contributed by atoms with E-state index in [1.54, 1.807) is 0 Å². The first-order chi connectivity index (χ1) is 24.6. The van der Waals surface area contributed by atoms with Crippen LogP contribution in [0.15, 0.2) is 189 Å². The van der Waals surface area contributed by atoms with Gasteiger partial charge >= 0.3 is 0 Å². The lowest BCUT2D eigenvalue weighted by atomic mass is 9.98. The zero-order valence-corrected chi connectivity index (χ0v) is 27.5. The predicted octanol–water partition coefficient (Wildman–Crippen LogP) is 9.10. The molecule has 5 aliphatic rings. The van der Waals surface area contributed by atoms with Crippen LogP contribution in [0.4, 0.5) is 0 Å². The van der Waals surface area contributed by atoms with Gasteiger partial charge in [-0.2, -0.15) is 0 Å². The largest absolute Gasteiger partial charge is 0.265 e. The molecule has 6 nitrogen and oxygen atoms in total. The van der Waals surface area contributed by atoms with Gasteiger partial charge < -0.3 is 0 Å². The minimum atomic E-state index is 0.828. The molecule has 0 spiro atoms. The van der Waals surface area contributed by atoms with Crippen molar-refractivity contribution >= 4 is 45.1 Å². The fourth-order valence-electron chi connectivity index (χ4n) is 6.75. The van der Waals surface area contributed by atoms with Crippen molar-refractivity contribution < 1.29 is 0 Å². The molecule has 9 rings (SSSR count). The molecule has 0 aliphatic carbocycles. The summed E-state index contributed by atoms with van der Waals surface area (Å²) in [6, 6.07) is 25.1. The highest BCUT2D eigenvalue weighted by atomic mass is 14.9. The van der Waals surface area contributed by atoms with Crippen molar-refractivity contribution in [3.8, 4) is 0 Å². The number of hydrogen-bond donors (Lipinski definition) is 0. The number of aliphatic imine (C=N–C) groups is 4. The van der Waals surface area contributed by atoms with Crippen LogP contribution in [0, 0.1) is 13.8 Å². The van der Waals surface area contributed by atoms with E-state index in [2.05, 4.69) is 121 Å². The van der Waals surface area contributed by atoms with Gasteiger partial charge in [-0.1, -0.05) is 59.7 Å². The molecule has 0 saturated heterocycles. The van der Waals surface area contributed by atoms with Crippen molar-refractivity contribution in [1.29, 1.82) is 0 Å². The van der Waals surface area contributed by atoms with Gasteiger partial charge in [-0.05, 0) is 109 Å². The number of hydrogen-bond acceptors (Lipinski definition) is 6. The van der Waals surface area contributed by atoms with Gasteiger partial charge in [0.05, 0.1) is 45.6 Å². The van der Waals surface area contributed by atoms with Crippen LogP contribution in [-0.4, -0.2) is 32.8 Å². The van der Waals surface area contributed by atoms with Crippen LogP contribution < -0.4 is 0 Å². The number of rotatable bonds is 4. The van der Waals surface area contributed by atoms with Crippen LogP contribution in [-0.2, 0) is 0 Å². The zero-order chi connectivity index (χ0) is 33.6. The van der Waals surface area contributed by atoms with Gasteiger partial charge in [0.25, 0.3) is 0 Å². The van der Waals surface area contributed by atoms with E-state index in [4.69, 9.17) is 20.0 Å². The molecular formula is C44H30N6. The fourth-order valence-corrected chi connectivity index (χ4v) is 6.75. The maximum absolute atomic E-state index is 5.31. The van der Waals surface area contributed by atoms with Gasteiger partial charge in [0, 0.05) is 47.1 Å². The number of aryl methyl sites for hydroxylation is 2. The Hall–Kier alpha value is -6.66. The first kappa shape index (κ1) is 29.5. The molecule has 7 heterocycles. The van der Waals surface area contributed by atoms with Gasteiger partial charge in [0.2, 0.25) is 0 Å². The van der Waals surface area contributed by atoms with Crippen LogP contribution in [0.3, 0.4) is 0 Å². The quantitative estimate of drug-likeness (QED) is 0.223. The third kappa shape index (κ3) is 5.24. The summed E-state index contributed by atoms with van der Waals surface area (Å²) in [6.45, 7) is 4.20. The maximum atomic E-state index is 5.31. The minimum Gasteiger partial charge on any atom is -0.265 e. The molecule has 0 atom stereocenters. The Morgan fingerprint density at radius 3 is 0.840 bits per heavy atom. The summed E-state index contributed by atoms with van der Waals surface area (Å²) in [7, 11) is 0. The summed E-state index contributed by atoms with van der Waals surface area (Å²) in [5.41, 5.74) is 16.9. The molecule has 2 aromatic heterocycles. The molecule has 0 unspecified atom stereocenters. The number of aromatic nitrogens is 2. The summed E-state index contributed by atoms with van der Waals surface area (Å²) in [5.74, 6) is 0. The molecule has 50 heavy (non-hydrogen) atoms. The number of nitrogens with zero attached hydrogens (tertiary/aromatic N) is 6. The second kappa shape index (κ2) is 12.1. The molecule has 6 heteroatoms. The lowest BCUT2D eigenvalue weighted by Gasteiger charge is -2.12. The summed E-state index contributed by atoms with van der Waals surface area (Å²) >= 11 is 0. The Morgan fingerprint density at radius 2 is 0.560 bits per heavy atom. The number of fused-ring (bicyclic) bond motifs is 4. The third-order valence-corrected chi connectivity index (χ3v) is 9.23. The Bertz CT molecular complexity index is 2300. The van der Waals surface area contributed by atoms with Crippen molar-refractivity contribution in [1.82, 2.24) is 9.97 Å². The number of pyridine rings is 2. The smallest absolute Gasteiger partial charge is 0.0738 e. The first-order valence-corrected chi connectivity index (χ1v) is 16.6. The third-order valence-electron chi connectivity index (χ3n) is 9.23. The average Bonchev–Trinajstić information content (AvgIpc) is 3.98. The summed E-state index contributed by atoms with van der Waals surface area (Å²) in [5, 5.41) is 0. The lowest BCUT2D eigenvalue weighted by molar-refractivity contribution is 1.31. The van der Waals surface area contributed by atoms with E-state index in [-0.39, 0.29) is 0 Å². The second-order valence-corrected chi connectivity index (χ2v) is 12.6. The van der Waals surface area contributed by atoms with Crippen LogP contribution in [0.5, 0.6) is 0 Å². The monoisotopic (exact) mass is 642 g/mol. The van der Waals surface area contributed by atoms with Crippen LogP contribution in [0.1, 0.15) is 33.4 Å². The lowest BCUT2D eigenvalue weighted by Crippen LogP contribution is -2.04. The highest BCUT2D eigenvalue weighted by Gasteiger charge is 2.27. The molecule has 2 aromatic carbocycles. The number of allylic oxidation sites excluding steroid dienone is 12. The van der Waals surface area contributed by atoms with Gasteiger partial charge in [-0.25, -0.2) is 20.0 Å². The van der Waals surface area contributed by atoms with E-state index < -0.39 is 0 Å². The fraction of sp³-hybridized carbons (Fsp3) is 0.0455. The van der Waals surface area contributed by atoms with E-state index in [0.717, 1.165) is 90.2 Å². The average molecular weight is 643 g/mol. The molecule has 4 aromatic rings. The van der Waals surface area contributed by atoms with E-state index in [1.165, 1.54) is 11.1 Å². The van der Waals surface area contributed by atoms with E-state index in [1.807, 2.05) is 49.1 Å². The molecule has 0 amide bonds. The molecule has 0 N–H and O–H groups in total. The predicted molar refractivity (Wildman–Crippen MR) is 205 cm³/mol. The summed E-state index contributed by atoms with van der Waals surface area (Å²) < 4.78 is 0. The maximum Gasteiger partial charge on any atom is 0.0738 e. The Labute approximate surface area is 290 Å². The Kier molecular flexibility index (Phi) is 7.13. The molecule has 0 fully saturated rings. The Balaban J connectivity index is 1.37. The standard InChI is InChI=1S/C44H30N6/c1-27-3-7-29(8-4-27)41-33-11-15-37(47-33)43(31-19-23-45-24-20-31)39-17-13-35(49-39)42(30-9-5-28(2)6-10-30)36-14-18-40(50-36)44(32-21-25-46-26-22-32)38-16-12-34(41)48-38/h3-26H,1-2H3. The molecule has 0 radical (unpaired) electrons. The van der Waals surface area contributed by atoms with Crippen molar-refractivity contribution in [3.05, 3.63) is 202 Å². The van der Waals surface area contributed by atoms with Crippen molar-refractivity contribution in [3.63, 3.8) is 0 Å². The van der Waals surface area contributed by atoms with Crippen LogP contribution >= 0.6 is 0 Å². The van der Waals surface area contributed by atoms with Gasteiger partial charge in [0.1, 0.15) is 0 Å². The van der Waals surface area contributed by atoms with Gasteiger partial charge in [-0.3, -0.25) is 9.97 Å². The Morgan fingerprint density at radius 1 is 0.300 bits per heavy atom. The highest BCUT2D eigenvalue weighted by Crippen LogP contribution is 2.38. The zero-order valence-electron chi connectivity index (χ0n) is 27.5. The topological polar surface area (TPSA) is 75.2 Å². The summed E-state index contributed by atoms with van der Waals surface area (Å²) in [4.78, 5) is 29.8. The van der Waals surface area contributed by atoms with Gasteiger partial charge in [0.15, 0.2) is 0 Å². The van der Waals surface area contributed by atoms with Gasteiger partial charge in [-0.15, -0.1) is 0 Å². The molecule has 5 aliphatic heterocycles. The highest BCUT2D eigenvalue weighted by molar-refractivity contribution is 6.39. The molecular weight excluding hydrogens is 613 g/mol. The van der Waals surface area contributed by atoms with Crippen LogP contribution in [0.2, 0.25) is 0 Å². The molecule has 236 valence electrons. The van der Waals surface area contributed by atoms with E-state index >= 15 is 0 Å². The molecule has 8 bridgehead atoms. The second-order valence-electron chi connectivity index (χ2n) is 12.6. The van der Waals surface area contributed by atoms with E-state index in [0.29, 0.717) is 0 Å². The van der Waals surface area contributed by atoms with Crippen LogP contribution in [0.25, 0.3) is 22.3 Å². The van der Waals surface area contributed by atoms with Crippen molar-refractivity contribution in [2.45, 2.75) is 13.8 Å². The first-order valence-electron chi connectivity index (χ1n) is 16.6. The SMILES string of the molecule is Cc1ccc(C2=C3C=CC(=N3)C(c3ccncc3)=C3C=CC(=N3)C(c3ccc(C)cc3)=C3C=CC(=N3)C(c3ccncc3)=C3C=CC2=N3)cc1. The van der Waals surface area contributed by atoms with Crippen molar-refractivity contribution in [2.24, 2.45) is 20.0 Å². The number of benzene rings is 2. The van der Waals surface area contributed by atoms with E-state index in [9.17, 15) is 0 Å². The molecule has 0 saturated carbocycles.